The van der Waals surface area contributed by atoms with E-state index in [1.807, 2.05) is 20.8 Å². The van der Waals surface area contributed by atoms with Gasteiger partial charge in [-0.2, -0.15) is 0 Å². The van der Waals surface area contributed by atoms with E-state index in [0.717, 1.165) is 38.6 Å². The molecule has 0 spiro atoms. The molecule has 2 amide bonds. The fraction of sp³-hybridized carbons (Fsp3) is 0.857. The first-order valence-corrected chi connectivity index (χ1v) is 7.27. The van der Waals surface area contributed by atoms with Crippen LogP contribution in [0.4, 0.5) is 4.79 Å². The SMILES string of the molecule is CCC(C)C(NC(=O)N1CCCCCC1C)C(=O)O. The van der Waals surface area contributed by atoms with E-state index in [0.29, 0.717) is 0 Å². The third-order valence-electron chi connectivity index (χ3n) is 4.07. The van der Waals surface area contributed by atoms with Crippen molar-refractivity contribution in [2.45, 2.75) is 65.0 Å². The number of carbonyl (C=O) groups is 2. The van der Waals surface area contributed by atoms with Crippen molar-refractivity contribution in [1.82, 2.24) is 10.2 Å². The lowest BCUT2D eigenvalue weighted by Gasteiger charge is -2.30. The fourth-order valence-electron chi connectivity index (χ4n) is 2.48. The molecule has 0 bridgehead atoms. The molecule has 110 valence electrons. The quantitative estimate of drug-likeness (QED) is 0.824. The summed E-state index contributed by atoms with van der Waals surface area (Å²) in [7, 11) is 0. The zero-order valence-electron chi connectivity index (χ0n) is 12.2. The number of carbonyl (C=O) groups excluding carboxylic acids is 1. The first kappa shape index (κ1) is 15.8. The van der Waals surface area contributed by atoms with Crippen LogP contribution in [-0.2, 0) is 4.79 Å². The molecule has 0 aromatic carbocycles. The molecule has 0 aromatic rings. The molecule has 5 heteroatoms. The van der Waals surface area contributed by atoms with Gasteiger partial charge in [-0.25, -0.2) is 9.59 Å². The van der Waals surface area contributed by atoms with Crippen LogP contribution in [0.15, 0.2) is 0 Å². The molecule has 2 N–H and O–H groups in total. The van der Waals surface area contributed by atoms with Crippen molar-refractivity contribution in [3.63, 3.8) is 0 Å². The van der Waals surface area contributed by atoms with Crippen molar-refractivity contribution in [1.29, 1.82) is 0 Å². The monoisotopic (exact) mass is 270 g/mol. The summed E-state index contributed by atoms with van der Waals surface area (Å²) in [4.78, 5) is 25.3. The van der Waals surface area contributed by atoms with Crippen molar-refractivity contribution < 1.29 is 14.7 Å². The molecule has 3 atom stereocenters. The first-order chi connectivity index (χ1) is 8.97. The van der Waals surface area contributed by atoms with Gasteiger partial charge < -0.3 is 15.3 Å². The molecule has 0 aromatic heterocycles. The second-order valence-corrected chi connectivity index (χ2v) is 5.54. The van der Waals surface area contributed by atoms with Gasteiger partial charge in [0.15, 0.2) is 0 Å². The summed E-state index contributed by atoms with van der Waals surface area (Å²) in [5.41, 5.74) is 0. The Labute approximate surface area is 115 Å². The Morgan fingerprint density at radius 2 is 2.05 bits per heavy atom. The van der Waals surface area contributed by atoms with E-state index in [4.69, 9.17) is 0 Å². The fourth-order valence-corrected chi connectivity index (χ4v) is 2.48. The number of rotatable bonds is 4. The van der Waals surface area contributed by atoms with Gasteiger partial charge in [-0.3, -0.25) is 0 Å². The average Bonchev–Trinajstić information content (AvgIpc) is 2.59. The third kappa shape index (κ3) is 4.40. The highest BCUT2D eigenvalue weighted by molar-refractivity contribution is 5.83. The van der Waals surface area contributed by atoms with Crippen LogP contribution in [0.1, 0.15) is 52.9 Å². The molecule has 1 heterocycles. The van der Waals surface area contributed by atoms with Gasteiger partial charge in [0.25, 0.3) is 0 Å². The van der Waals surface area contributed by atoms with Crippen LogP contribution in [0.2, 0.25) is 0 Å². The van der Waals surface area contributed by atoms with Gasteiger partial charge in [-0.15, -0.1) is 0 Å². The number of carboxylic acid groups (broad SMARTS) is 1. The lowest BCUT2D eigenvalue weighted by molar-refractivity contribution is -0.140. The molecular formula is C14H26N2O3. The van der Waals surface area contributed by atoms with Crippen LogP contribution >= 0.6 is 0 Å². The zero-order valence-corrected chi connectivity index (χ0v) is 12.2. The number of nitrogens with zero attached hydrogens (tertiary/aromatic N) is 1. The largest absolute Gasteiger partial charge is 0.480 e. The highest BCUT2D eigenvalue weighted by Gasteiger charge is 2.29. The highest BCUT2D eigenvalue weighted by atomic mass is 16.4. The second-order valence-electron chi connectivity index (χ2n) is 5.54. The minimum atomic E-state index is -0.954. The van der Waals surface area contributed by atoms with Crippen molar-refractivity contribution in [3.05, 3.63) is 0 Å². The minimum absolute atomic E-state index is 0.0660. The van der Waals surface area contributed by atoms with Crippen molar-refractivity contribution in [3.8, 4) is 0 Å². The molecule has 1 aliphatic heterocycles. The van der Waals surface area contributed by atoms with E-state index >= 15 is 0 Å². The number of likely N-dealkylation sites (tertiary alicyclic amines) is 1. The van der Waals surface area contributed by atoms with Crippen LogP contribution in [0.5, 0.6) is 0 Å². The van der Waals surface area contributed by atoms with E-state index < -0.39 is 12.0 Å². The highest BCUT2D eigenvalue weighted by Crippen LogP contribution is 2.17. The van der Waals surface area contributed by atoms with Gasteiger partial charge in [-0.1, -0.05) is 33.1 Å². The lowest BCUT2D eigenvalue weighted by atomic mass is 9.99. The Morgan fingerprint density at radius 3 is 2.63 bits per heavy atom. The second kappa shape index (κ2) is 7.36. The summed E-state index contributed by atoms with van der Waals surface area (Å²) >= 11 is 0. The number of hydrogen-bond acceptors (Lipinski definition) is 2. The zero-order chi connectivity index (χ0) is 14.4. The summed E-state index contributed by atoms with van der Waals surface area (Å²) < 4.78 is 0. The maximum absolute atomic E-state index is 12.2. The molecule has 1 fully saturated rings. The number of aliphatic carboxylic acids is 1. The summed E-state index contributed by atoms with van der Waals surface area (Å²) in [6, 6.07) is -0.844. The van der Waals surface area contributed by atoms with Crippen LogP contribution in [0.25, 0.3) is 0 Å². The van der Waals surface area contributed by atoms with Gasteiger partial charge in [0.1, 0.15) is 6.04 Å². The van der Waals surface area contributed by atoms with Gasteiger partial charge >= 0.3 is 12.0 Å². The van der Waals surface area contributed by atoms with E-state index in [-0.39, 0.29) is 18.0 Å². The van der Waals surface area contributed by atoms with E-state index in [1.165, 1.54) is 0 Å². The Bertz CT molecular complexity index is 320. The van der Waals surface area contributed by atoms with Crippen LogP contribution in [0.3, 0.4) is 0 Å². The topological polar surface area (TPSA) is 69.6 Å². The molecule has 0 aliphatic carbocycles. The first-order valence-electron chi connectivity index (χ1n) is 7.27. The molecule has 0 saturated carbocycles. The predicted octanol–water partition coefficient (Wildman–Crippen LogP) is 2.46. The van der Waals surface area contributed by atoms with Gasteiger partial charge in [0, 0.05) is 12.6 Å². The Hall–Kier alpha value is -1.26. The van der Waals surface area contributed by atoms with Gasteiger partial charge in [0.05, 0.1) is 0 Å². The molecule has 1 rings (SSSR count). The number of amides is 2. The number of urea groups is 1. The number of nitrogens with one attached hydrogen (secondary N) is 1. The van der Waals surface area contributed by atoms with Crippen LogP contribution in [-0.4, -0.2) is 40.6 Å². The summed E-state index contributed by atoms with van der Waals surface area (Å²) in [6.07, 6.45) is 5.00. The van der Waals surface area contributed by atoms with E-state index in [9.17, 15) is 14.7 Å². The van der Waals surface area contributed by atoms with Crippen molar-refractivity contribution in [2.24, 2.45) is 5.92 Å². The summed E-state index contributed by atoms with van der Waals surface area (Å²) in [5.74, 6) is -1.02. The summed E-state index contributed by atoms with van der Waals surface area (Å²) in [6.45, 7) is 6.54. The maximum Gasteiger partial charge on any atom is 0.326 e. The van der Waals surface area contributed by atoms with Crippen molar-refractivity contribution >= 4 is 12.0 Å². The lowest BCUT2D eigenvalue weighted by Crippen LogP contribution is -2.52. The molecular weight excluding hydrogens is 244 g/mol. The summed E-state index contributed by atoms with van der Waals surface area (Å²) in [5, 5.41) is 11.9. The minimum Gasteiger partial charge on any atom is -0.480 e. The normalized spacial score (nSPS) is 23.3. The smallest absolute Gasteiger partial charge is 0.326 e. The van der Waals surface area contributed by atoms with Gasteiger partial charge in [0.2, 0.25) is 0 Å². The average molecular weight is 270 g/mol. The third-order valence-corrected chi connectivity index (χ3v) is 4.07. The van der Waals surface area contributed by atoms with E-state index in [1.54, 1.807) is 4.90 Å². The molecule has 1 aliphatic rings. The van der Waals surface area contributed by atoms with Crippen molar-refractivity contribution in [2.75, 3.05) is 6.54 Å². The molecule has 1 saturated heterocycles. The Kier molecular flexibility index (Phi) is 6.12. The predicted molar refractivity (Wildman–Crippen MR) is 74.0 cm³/mol. The van der Waals surface area contributed by atoms with Gasteiger partial charge in [-0.05, 0) is 25.7 Å². The number of carboxylic acids is 1. The molecule has 5 nitrogen and oxygen atoms in total. The van der Waals surface area contributed by atoms with Crippen LogP contribution < -0.4 is 5.32 Å². The van der Waals surface area contributed by atoms with E-state index in [2.05, 4.69) is 5.32 Å². The van der Waals surface area contributed by atoms with Crippen LogP contribution in [0, 0.1) is 5.92 Å². The Balaban J connectivity index is 2.67. The molecule has 0 radical (unpaired) electrons. The molecule has 19 heavy (non-hydrogen) atoms. The Morgan fingerprint density at radius 1 is 1.37 bits per heavy atom. The number of hydrogen-bond donors (Lipinski definition) is 2. The standard InChI is InChI=1S/C14H26N2O3/c1-4-10(2)12(13(17)18)15-14(19)16-9-7-5-6-8-11(16)3/h10-12H,4-9H2,1-3H3,(H,15,19)(H,17,18). The molecule has 3 unspecified atom stereocenters. The maximum atomic E-state index is 12.2.